The summed E-state index contributed by atoms with van der Waals surface area (Å²) in [7, 11) is 0. The first-order valence-electron chi connectivity index (χ1n) is 6.06. The molecule has 20 heavy (non-hydrogen) atoms. The van der Waals surface area contributed by atoms with Crippen molar-refractivity contribution in [2.75, 3.05) is 0 Å². The molecule has 0 spiro atoms. The number of benzene rings is 1. The molecule has 1 saturated heterocycles. The Bertz CT molecular complexity index is 554. The van der Waals surface area contributed by atoms with E-state index in [1.807, 2.05) is 0 Å². The van der Waals surface area contributed by atoms with Gasteiger partial charge in [-0.3, -0.25) is 10.7 Å². The van der Waals surface area contributed by atoms with Crippen molar-refractivity contribution in [1.82, 2.24) is 10.2 Å². The molecule has 4 nitrogen and oxygen atoms in total. The van der Waals surface area contributed by atoms with Crippen molar-refractivity contribution in [3.05, 3.63) is 35.4 Å². The number of hydrogen-bond donors (Lipinski definition) is 2. The first kappa shape index (κ1) is 14.4. The first-order valence-corrected chi connectivity index (χ1v) is 6.06. The second-order valence-corrected chi connectivity index (χ2v) is 4.87. The van der Waals surface area contributed by atoms with E-state index in [0.29, 0.717) is 0 Å². The van der Waals surface area contributed by atoms with E-state index in [4.69, 9.17) is 5.41 Å². The predicted octanol–water partition coefficient (Wildman–Crippen LogP) is 3.16. The summed E-state index contributed by atoms with van der Waals surface area (Å²) in [5.41, 5.74) is -0.511. The molecule has 1 aliphatic heterocycles. The van der Waals surface area contributed by atoms with Crippen LogP contribution in [0.25, 0.3) is 0 Å². The molecule has 1 aromatic rings. The lowest BCUT2D eigenvalue weighted by Gasteiger charge is -2.27. The maximum Gasteiger partial charge on any atom is 0.416 e. The molecule has 108 valence electrons. The van der Waals surface area contributed by atoms with Gasteiger partial charge < -0.3 is 4.90 Å². The quantitative estimate of drug-likeness (QED) is 0.861. The van der Waals surface area contributed by atoms with E-state index in [2.05, 4.69) is 5.32 Å². The van der Waals surface area contributed by atoms with Gasteiger partial charge in [-0.2, -0.15) is 13.2 Å². The van der Waals surface area contributed by atoms with Crippen LogP contribution in [0.15, 0.2) is 24.3 Å². The molecule has 0 radical (unpaired) electrons. The summed E-state index contributed by atoms with van der Waals surface area (Å²) < 4.78 is 38.2. The number of rotatable bonds is 2. The molecule has 2 amide bonds. The molecule has 1 heterocycles. The molecular weight excluding hydrogens is 271 g/mol. The van der Waals surface area contributed by atoms with Crippen LogP contribution in [0.4, 0.5) is 18.0 Å². The van der Waals surface area contributed by atoms with Crippen LogP contribution < -0.4 is 5.32 Å². The molecule has 0 saturated carbocycles. The minimum absolute atomic E-state index is 0.108. The molecule has 1 aromatic carbocycles. The molecule has 7 heteroatoms. The third kappa shape index (κ3) is 2.48. The zero-order valence-electron chi connectivity index (χ0n) is 11.0. The van der Waals surface area contributed by atoms with E-state index in [1.54, 1.807) is 13.8 Å². The van der Waals surface area contributed by atoms with E-state index in [9.17, 15) is 18.0 Å². The predicted molar refractivity (Wildman–Crippen MR) is 67.4 cm³/mol. The Morgan fingerprint density at radius 2 is 2.00 bits per heavy atom. The van der Waals surface area contributed by atoms with Crippen molar-refractivity contribution in [3.8, 4) is 0 Å². The number of nitrogens with zero attached hydrogens (tertiary/aromatic N) is 1. The molecule has 1 fully saturated rings. The fourth-order valence-corrected chi connectivity index (χ4v) is 2.25. The van der Waals surface area contributed by atoms with E-state index in [-0.39, 0.29) is 17.4 Å². The van der Waals surface area contributed by atoms with Gasteiger partial charge in [0, 0.05) is 6.04 Å². The van der Waals surface area contributed by atoms with Gasteiger partial charge in [0.05, 0.1) is 5.56 Å². The minimum atomic E-state index is -4.45. The molecule has 0 aromatic heterocycles. The number of carbonyl (C=O) groups is 1. The highest BCUT2D eigenvalue weighted by Gasteiger charge is 2.39. The lowest BCUT2D eigenvalue weighted by atomic mass is 10.0. The third-order valence-electron chi connectivity index (χ3n) is 3.11. The second kappa shape index (κ2) is 4.81. The lowest BCUT2D eigenvalue weighted by Crippen LogP contribution is -2.35. The van der Waals surface area contributed by atoms with Gasteiger partial charge in [0.15, 0.2) is 0 Å². The van der Waals surface area contributed by atoms with Crippen molar-refractivity contribution in [2.24, 2.45) is 0 Å². The van der Waals surface area contributed by atoms with Crippen molar-refractivity contribution in [3.63, 3.8) is 0 Å². The van der Waals surface area contributed by atoms with Crippen LogP contribution in [-0.4, -0.2) is 22.8 Å². The second-order valence-electron chi connectivity index (χ2n) is 4.87. The highest BCUT2D eigenvalue weighted by Crippen LogP contribution is 2.33. The number of halogens is 3. The number of nitrogens with one attached hydrogen (secondary N) is 2. The number of alkyl halides is 3. The van der Waals surface area contributed by atoms with Crippen molar-refractivity contribution in [2.45, 2.75) is 32.1 Å². The SMILES string of the molecule is CC(C)N1C(=O)NC(=N)C1c1cccc(C(F)(F)F)c1. The fourth-order valence-electron chi connectivity index (χ4n) is 2.25. The Hall–Kier alpha value is -2.05. The van der Waals surface area contributed by atoms with Crippen molar-refractivity contribution < 1.29 is 18.0 Å². The van der Waals surface area contributed by atoms with Gasteiger partial charge in [-0.05, 0) is 31.5 Å². The van der Waals surface area contributed by atoms with Gasteiger partial charge in [-0.1, -0.05) is 12.1 Å². The average molecular weight is 285 g/mol. The van der Waals surface area contributed by atoms with Crippen molar-refractivity contribution in [1.29, 1.82) is 5.41 Å². The minimum Gasteiger partial charge on any atom is -0.308 e. The Morgan fingerprint density at radius 1 is 1.35 bits per heavy atom. The zero-order chi connectivity index (χ0) is 15.1. The normalized spacial score (nSPS) is 19.7. The van der Waals surface area contributed by atoms with Gasteiger partial charge >= 0.3 is 12.2 Å². The Kier molecular flexibility index (Phi) is 3.45. The molecule has 0 bridgehead atoms. The Labute approximate surface area is 114 Å². The van der Waals surface area contributed by atoms with Crippen LogP contribution >= 0.6 is 0 Å². The maximum absolute atomic E-state index is 12.7. The first-order chi connectivity index (χ1) is 9.21. The van der Waals surface area contributed by atoms with Crippen molar-refractivity contribution >= 4 is 11.9 Å². The fraction of sp³-hybridized carbons (Fsp3) is 0.385. The van der Waals surface area contributed by atoms with Crippen LogP contribution in [0.3, 0.4) is 0 Å². The molecule has 2 N–H and O–H groups in total. The summed E-state index contributed by atoms with van der Waals surface area (Å²) in [6.07, 6.45) is -4.45. The number of urea groups is 1. The number of amidine groups is 1. The van der Waals surface area contributed by atoms with Gasteiger partial charge in [0.2, 0.25) is 0 Å². The molecule has 0 aliphatic carbocycles. The van der Waals surface area contributed by atoms with Crippen LogP contribution in [0.2, 0.25) is 0 Å². The maximum atomic E-state index is 12.7. The summed E-state index contributed by atoms with van der Waals surface area (Å²) in [6.45, 7) is 3.50. The largest absolute Gasteiger partial charge is 0.416 e. The van der Waals surface area contributed by atoms with Gasteiger partial charge in [-0.25, -0.2) is 4.79 Å². The summed E-state index contributed by atoms with van der Waals surface area (Å²) in [6, 6.07) is 3.23. The van der Waals surface area contributed by atoms with Gasteiger partial charge in [-0.15, -0.1) is 0 Å². The Balaban J connectivity index is 2.44. The molecule has 1 atom stereocenters. The smallest absolute Gasteiger partial charge is 0.308 e. The van der Waals surface area contributed by atoms with Crippen LogP contribution in [0, 0.1) is 5.41 Å². The van der Waals surface area contributed by atoms with E-state index in [1.165, 1.54) is 17.0 Å². The van der Waals surface area contributed by atoms with Crippen LogP contribution in [0.5, 0.6) is 0 Å². The lowest BCUT2D eigenvalue weighted by molar-refractivity contribution is -0.137. The standard InChI is InChI=1S/C13H14F3N3O/c1-7(2)19-10(11(17)18-12(19)20)8-4-3-5-9(6-8)13(14,15)16/h3-7,10H,1-2H3,(H2,17,18,20). The van der Waals surface area contributed by atoms with Gasteiger partial charge in [0.1, 0.15) is 11.9 Å². The zero-order valence-corrected chi connectivity index (χ0v) is 11.0. The van der Waals surface area contributed by atoms with E-state index >= 15 is 0 Å². The third-order valence-corrected chi connectivity index (χ3v) is 3.11. The average Bonchev–Trinajstić information content (AvgIpc) is 2.63. The molecule has 1 aliphatic rings. The number of carbonyl (C=O) groups excluding carboxylic acids is 1. The van der Waals surface area contributed by atoms with E-state index in [0.717, 1.165) is 12.1 Å². The summed E-state index contributed by atoms with van der Waals surface area (Å²) >= 11 is 0. The van der Waals surface area contributed by atoms with E-state index < -0.39 is 23.8 Å². The summed E-state index contributed by atoms with van der Waals surface area (Å²) in [5, 5.41) is 10.1. The monoisotopic (exact) mass is 285 g/mol. The van der Waals surface area contributed by atoms with Crippen LogP contribution in [0.1, 0.15) is 31.0 Å². The summed E-state index contributed by atoms with van der Waals surface area (Å²) in [4.78, 5) is 13.1. The molecular formula is C13H14F3N3O. The topological polar surface area (TPSA) is 56.2 Å². The summed E-state index contributed by atoms with van der Waals surface area (Å²) in [5.74, 6) is -0.108. The highest BCUT2D eigenvalue weighted by atomic mass is 19.4. The number of hydrogen-bond acceptors (Lipinski definition) is 2. The molecule has 1 unspecified atom stereocenters. The van der Waals surface area contributed by atoms with Crippen LogP contribution in [-0.2, 0) is 6.18 Å². The van der Waals surface area contributed by atoms with Gasteiger partial charge in [0.25, 0.3) is 0 Å². The molecule has 2 rings (SSSR count). The number of amides is 2. The highest BCUT2D eigenvalue weighted by molar-refractivity contribution is 6.06. The Morgan fingerprint density at radius 3 is 2.55 bits per heavy atom.